The van der Waals surface area contributed by atoms with Gasteiger partial charge >= 0.3 is 0 Å². The summed E-state index contributed by atoms with van der Waals surface area (Å²) in [6.45, 7) is 2.55. The van der Waals surface area contributed by atoms with Crippen LogP contribution in [0.2, 0.25) is 0 Å². The number of rotatable bonds is 8. The molecule has 214 valence electrons. The highest BCUT2D eigenvalue weighted by molar-refractivity contribution is 6.07. The largest absolute Gasteiger partial charge is 0.493 e. The maximum atomic E-state index is 13.4. The average Bonchev–Trinajstić information content (AvgIpc) is 3.83. The Kier molecular flexibility index (Phi) is 8.44. The van der Waals surface area contributed by atoms with Crippen LogP contribution in [0.5, 0.6) is 11.5 Å². The minimum Gasteiger partial charge on any atom is -0.493 e. The first-order valence-corrected chi connectivity index (χ1v) is 14.1. The number of nitrogens with two attached hydrogens (primary N) is 1. The minimum absolute atomic E-state index is 0.0915. The number of methoxy groups -OCH3 is 2. The molecule has 4 N–H and O–H groups in total. The van der Waals surface area contributed by atoms with Crippen molar-refractivity contribution in [2.24, 2.45) is 11.7 Å². The van der Waals surface area contributed by atoms with Gasteiger partial charge in [0, 0.05) is 55.3 Å². The van der Waals surface area contributed by atoms with Gasteiger partial charge in [-0.1, -0.05) is 0 Å². The van der Waals surface area contributed by atoms with E-state index in [0.717, 1.165) is 44.2 Å². The number of piperazine rings is 1. The molecule has 1 aliphatic heterocycles. The van der Waals surface area contributed by atoms with E-state index in [-0.39, 0.29) is 35.7 Å². The fourth-order valence-corrected chi connectivity index (χ4v) is 5.51. The molecule has 3 aliphatic rings. The van der Waals surface area contributed by atoms with Crippen LogP contribution in [-0.2, 0) is 4.79 Å². The summed E-state index contributed by atoms with van der Waals surface area (Å²) in [6.07, 6.45) is 5.48. The van der Waals surface area contributed by atoms with E-state index < -0.39 is 0 Å². The molecule has 0 bridgehead atoms. The van der Waals surface area contributed by atoms with Crippen LogP contribution in [0.1, 0.15) is 59.2 Å². The Morgan fingerprint density at radius 3 is 2.10 bits per heavy atom. The molecule has 2 saturated carbocycles. The summed E-state index contributed by atoms with van der Waals surface area (Å²) in [6, 6.07) is 10.7. The zero-order chi connectivity index (χ0) is 28.2. The lowest BCUT2D eigenvalue weighted by Gasteiger charge is -2.37. The third-order valence-electron chi connectivity index (χ3n) is 8.12. The summed E-state index contributed by atoms with van der Waals surface area (Å²) >= 11 is 0. The predicted molar refractivity (Wildman–Crippen MR) is 153 cm³/mol. The van der Waals surface area contributed by atoms with Gasteiger partial charge in [-0.2, -0.15) is 0 Å². The molecule has 2 aromatic carbocycles. The van der Waals surface area contributed by atoms with Crippen molar-refractivity contribution in [2.75, 3.05) is 50.6 Å². The van der Waals surface area contributed by atoms with Crippen LogP contribution >= 0.6 is 0 Å². The van der Waals surface area contributed by atoms with Crippen LogP contribution in [0.4, 0.5) is 11.4 Å². The quantitative estimate of drug-likeness (QED) is 0.462. The lowest BCUT2D eigenvalue weighted by molar-refractivity contribution is -0.132. The van der Waals surface area contributed by atoms with Gasteiger partial charge in [0.15, 0.2) is 11.5 Å². The first-order valence-electron chi connectivity index (χ1n) is 14.1. The van der Waals surface area contributed by atoms with Crippen molar-refractivity contribution in [3.05, 3.63) is 47.5 Å². The topological polar surface area (TPSA) is 126 Å². The molecule has 0 aromatic heterocycles. The molecule has 10 nitrogen and oxygen atoms in total. The Hall–Kier alpha value is -3.79. The van der Waals surface area contributed by atoms with Gasteiger partial charge in [-0.3, -0.25) is 14.4 Å². The smallest absolute Gasteiger partial charge is 0.255 e. The third-order valence-corrected chi connectivity index (χ3v) is 8.12. The molecule has 10 heteroatoms. The van der Waals surface area contributed by atoms with E-state index in [1.54, 1.807) is 37.4 Å². The number of anilines is 2. The number of benzene rings is 2. The van der Waals surface area contributed by atoms with Crippen molar-refractivity contribution in [3.63, 3.8) is 0 Å². The van der Waals surface area contributed by atoms with E-state index in [0.29, 0.717) is 54.5 Å². The van der Waals surface area contributed by atoms with Gasteiger partial charge in [-0.25, -0.2) is 0 Å². The number of amides is 3. The number of hydrogen-bond donors (Lipinski definition) is 3. The standard InChI is InChI=1S/C30H39N5O5/c1-39-26-12-6-21(18-27(26)40-2)29(37)33-24-17-20(28(36)32-23-9-7-22(31)8-10-23)5-11-25(24)34-13-15-35(16-14-34)30(38)19-3-4-19/h5-6,11-12,17-19,22-23H,3-4,7-10,13-16,31H2,1-2H3,(H,32,36)(H,33,37). The summed E-state index contributed by atoms with van der Waals surface area (Å²) in [5.74, 6) is 0.919. The Morgan fingerprint density at radius 1 is 0.800 bits per heavy atom. The highest BCUT2D eigenvalue weighted by Gasteiger charge is 2.35. The molecule has 40 heavy (non-hydrogen) atoms. The van der Waals surface area contributed by atoms with Crippen molar-refractivity contribution in [3.8, 4) is 11.5 Å². The van der Waals surface area contributed by atoms with E-state index in [4.69, 9.17) is 15.2 Å². The Bertz CT molecular complexity index is 1250. The molecule has 5 rings (SSSR count). The second-order valence-corrected chi connectivity index (χ2v) is 10.9. The number of ether oxygens (including phenoxy) is 2. The zero-order valence-corrected chi connectivity index (χ0v) is 23.3. The molecule has 1 saturated heterocycles. The number of carbonyl (C=O) groups excluding carboxylic acids is 3. The van der Waals surface area contributed by atoms with Gasteiger partial charge in [-0.05, 0) is 74.9 Å². The zero-order valence-electron chi connectivity index (χ0n) is 23.3. The highest BCUT2D eigenvalue weighted by Crippen LogP contribution is 2.34. The molecule has 2 aliphatic carbocycles. The SMILES string of the molecule is COc1ccc(C(=O)Nc2cc(C(=O)NC3CCC(N)CC3)ccc2N2CCN(C(=O)C3CC3)CC2)cc1OC. The van der Waals surface area contributed by atoms with Crippen molar-refractivity contribution in [1.29, 1.82) is 0 Å². The van der Waals surface area contributed by atoms with Crippen LogP contribution in [-0.4, -0.2) is 75.1 Å². The van der Waals surface area contributed by atoms with Gasteiger partial charge in [-0.15, -0.1) is 0 Å². The van der Waals surface area contributed by atoms with E-state index >= 15 is 0 Å². The summed E-state index contributed by atoms with van der Waals surface area (Å²) in [5, 5.41) is 6.16. The number of carbonyl (C=O) groups is 3. The van der Waals surface area contributed by atoms with Crippen molar-refractivity contribution in [1.82, 2.24) is 10.2 Å². The summed E-state index contributed by atoms with van der Waals surface area (Å²) in [5.41, 5.74) is 8.25. The monoisotopic (exact) mass is 549 g/mol. The van der Waals surface area contributed by atoms with Gasteiger partial charge in [0.2, 0.25) is 5.91 Å². The van der Waals surface area contributed by atoms with Gasteiger partial charge in [0.25, 0.3) is 11.8 Å². The van der Waals surface area contributed by atoms with Crippen LogP contribution in [0.15, 0.2) is 36.4 Å². The second-order valence-electron chi connectivity index (χ2n) is 10.9. The van der Waals surface area contributed by atoms with E-state index in [9.17, 15) is 14.4 Å². The van der Waals surface area contributed by atoms with Crippen molar-refractivity contribution in [2.45, 2.75) is 50.6 Å². The predicted octanol–water partition coefficient (Wildman–Crippen LogP) is 3.01. The molecule has 3 amide bonds. The highest BCUT2D eigenvalue weighted by atomic mass is 16.5. The number of nitrogens with zero attached hydrogens (tertiary/aromatic N) is 2. The third kappa shape index (κ3) is 6.33. The molecule has 0 unspecified atom stereocenters. The molecule has 0 radical (unpaired) electrons. The summed E-state index contributed by atoms with van der Waals surface area (Å²) in [4.78, 5) is 43.2. The molecular formula is C30H39N5O5. The Morgan fingerprint density at radius 2 is 1.45 bits per heavy atom. The maximum Gasteiger partial charge on any atom is 0.255 e. The molecule has 0 atom stereocenters. The summed E-state index contributed by atoms with van der Waals surface area (Å²) in [7, 11) is 3.06. The second kappa shape index (κ2) is 12.2. The van der Waals surface area contributed by atoms with Crippen LogP contribution in [0.3, 0.4) is 0 Å². The molecule has 1 heterocycles. The molecule has 0 spiro atoms. The summed E-state index contributed by atoms with van der Waals surface area (Å²) < 4.78 is 10.7. The van der Waals surface area contributed by atoms with Crippen molar-refractivity contribution < 1.29 is 23.9 Å². The maximum absolute atomic E-state index is 13.4. The van der Waals surface area contributed by atoms with Gasteiger partial charge in [0.1, 0.15) is 0 Å². The number of nitrogens with one attached hydrogen (secondary N) is 2. The first kappa shape index (κ1) is 27.8. The number of hydrogen-bond acceptors (Lipinski definition) is 7. The lowest BCUT2D eigenvalue weighted by atomic mass is 9.91. The minimum atomic E-state index is -0.330. The van der Waals surface area contributed by atoms with Crippen LogP contribution in [0, 0.1) is 5.92 Å². The van der Waals surface area contributed by atoms with E-state index in [1.807, 2.05) is 11.0 Å². The molecule has 2 aromatic rings. The van der Waals surface area contributed by atoms with E-state index in [1.165, 1.54) is 7.11 Å². The Balaban J connectivity index is 1.36. The van der Waals surface area contributed by atoms with Gasteiger partial charge < -0.3 is 35.6 Å². The first-order chi connectivity index (χ1) is 19.4. The lowest BCUT2D eigenvalue weighted by Crippen LogP contribution is -2.49. The van der Waals surface area contributed by atoms with E-state index in [2.05, 4.69) is 15.5 Å². The van der Waals surface area contributed by atoms with Crippen LogP contribution < -0.4 is 30.7 Å². The fourth-order valence-electron chi connectivity index (χ4n) is 5.51. The van der Waals surface area contributed by atoms with Crippen LogP contribution in [0.25, 0.3) is 0 Å². The van der Waals surface area contributed by atoms with Gasteiger partial charge in [0.05, 0.1) is 25.6 Å². The molecular weight excluding hydrogens is 510 g/mol. The molecule has 3 fully saturated rings. The average molecular weight is 550 g/mol. The fraction of sp³-hybridized carbons (Fsp3) is 0.500. The Labute approximate surface area is 235 Å². The van der Waals surface area contributed by atoms with Crippen molar-refractivity contribution >= 4 is 29.1 Å². The normalized spacial score (nSPS) is 21.0.